The average molecular weight is 340 g/mol. The molecule has 0 spiro atoms. The molecule has 0 saturated carbocycles. The summed E-state index contributed by atoms with van der Waals surface area (Å²) in [6.07, 6.45) is 0. The molecule has 0 aliphatic heterocycles. The number of para-hydroxylation sites is 2. The Hall–Kier alpha value is -2.86. The van der Waals surface area contributed by atoms with Crippen LogP contribution >= 0.6 is 11.3 Å². The number of thiazole rings is 1. The fraction of sp³-hybridized carbons (Fsp3) is 0.111. The molecule has 0 saturated heterocycles. The summed E-state index contributed by atoms with van der Waals surface area (Å²) >= 11 is 1.36. The van der Waals surface area contributed by atoms with Crippen molar-refractivity contribution in [1.82, 2.24) is 4.98 Å². The molecule has 1 heterocycles. The van der Waals surface area contributed by atoms with Gasteiger partial charge in [-0.05, 0) is 31.2 Å². The summed E-state index contributed by atoms with van der Waals surface area (Å²) in [5.41, 5.74) is 1.82. The van der Waals surface area contributed by atoms with Crippen LogP contribution in [0.1, 0.15) is 21.1 Å². The lowest BCUT2D eigenvalue weighted by molar-refractivity contribution is 0.102. The van der Waals surface area contributed by atoms with Crippen LogP contribution in [0.4, 0.5) is 5.69 Å². The van der Waals surface area contributed by atoms with Gasteiger partial charge in [-0.2, -0.15) is 0 Å². The van der Waals surface area contributed by atoms with Crippen LogP contribution in [-0.4, -0.2) is 16.0 Å². The lowest BCUT2D eigenvalue weighted by Crippen LogP contribution is -2.12. The zero-order valence-corrected chi connectivity index (χ0v) is 13.8. The van der Waals surface area contributed by atoms with E-state index in [4.69, 9.17) is 4.74 Å². The number of anilines is 1. The van der Waals surface area contributed by atoms with E-state index in [0.717, 1.165) is 5.75 Å². The van der Waals surface area contributed by atoms with Crippen LogP contribution in [0.5, 0.6) is 11.5 Å². The third-order valence-electron chi connectivity index (χ3n) is 3.32. The largest absolute Gasteiger partial charge is 0.506 e. The number of amides is 1. The minimum Gasteiger partial charge on any atom is -0.506 e. The van der Waals surface area contributed by atoms with Gasteiger partial charge in [0.2, 0.25) is 0 Å². The number of rotatable bonds is 5. The van der Waals surface area contributed by atoms with Crippen LogP contribution in [0.25, 0.3) is 0 Å². The monoisotopic (exact) mass is 340 g/mol. The summed E-state index contributed by atoms with van der Waals surface area (Å²) in [7, 11) is 0. The first kappa shape index (κ1) is 16.0. The Balaban J connectivity index is 1.61. The van der Waals surface area contributed by atoms with Crippen LogP contribution in [0.3, 0.4) is 0 Å². The number of phenolic OH excluding ortho intramolecular Hbond substituents is 1. The summed E-state index contributed by atoms with van der Waals surface area (Å²) in [4.78, 5) is 16.4. The molecular formula is C18H16N2O3S. The van der Waals surface area contributed by atoms with Crippen LogP contribution in [-0.2, 0) is 6.61 Å². The Bertz CT molecular complexity index is 843. The summed E-state index contributed by atoms with van der Waals surface area (Å²) in [6.45, 7) is 2.32. The van der Waals surface area contributed by atoms with Gasteiger partial charge in [0.25, 0.3) is 5.91 Å². The van der Waals surface area contributed by atoms with Crippen LogP contribution in [0, 0.1) is 6.92 Å². The molecule has 0 aliphatic rings. The number of benzene rings is 2. The lowest BCUT2D eigenvalue weighted by atomic mass is 10.2. The van der Waals surface area contributed by atoms with Crippen molar-refractivity contribution in [2.45, 2.75) is 13.5 Å². The van der Waals surface area contributed by atoms with Gasteiger partial charge in [-0.25, -0.2) is 4.98 Å². The normalized spacial score (nSPS) is 10.4. The topological polar surface area (TPSA) is 71.5 Å². The minimum atomic E-state index is -0.366. The predicted octanol–water partition coefficient (Wildman–Crippen LogP) is 3.99. The Morgan fingerprint density at radius 3 is 2.71 bits per heavy atom. The highest BCUT2D eigenvalue weighted by molar-refractivity contribution is 7.09. The van der Waals surface area contributed by atoms with Crippen molar-refractivity contribution in [2.75, 3.05) is 5.32 Å². The molecule has 0 radical (unpaired) electrons. The Kier molecular flexibility index (Phi) is 4.77. The second-order valence-corrected chi connectivity index (χ2v) is 6.14. The summed E-state index contributed by atoms with van der Waals surface area (Å²) in [5, 5.41) is 14.7. The fourth-order valence-corrected chi connectivity index (χ4v) is 2.71. The van der Waals surface area contributed by atoms with Gasteiger partial charge in [0.15, 0.2) is 0 Å². The van der Waals surface area contributed by atoms with Gasteiger partial charge >= 0.3 is 0 Å². The smallest absolute Gasteiger partial charge is 0.275 e. The van der Waals surface area contributed by atoms with Crippen molar-refractivity contribution < 1.29 is 14.6 Å². The first-order valence-corrected chi connectivity index (χ1v) is 8.23. The van der Waals surface area contributed by atoms with Gasteiger partial charge in [0.1, 0.15) is 28.8 Å². The maximum absolute atomic E-state index is 12.2. The molecule has 1 amide bonds. The van der Waals surface area contributed by atoms with Gasteiger partial charge in [-0.3, -0.25) is 4.79 Å². The van der Waals surface area contributed by atoms with Gasteiger partial charge in [-0.1, -0.05) is 29.8 Å². The van der Waals surface area contributed by atoms with Gasteiger partial charge in [0, 0.05) is 5.38 Å². The van der Waals surface area contributed by atoms with Gasteiger partial charge in [-0.15, -0.1) is 11.3 Å². The molecule has 0 aliphatic carbocycles. The number of hydrogen-bond acceptors (Lipinski definition) is 5. The molecular weight excluding hydrogens is 324 g/mol. The molecule has 0 unspecified atom stereocenters. The second kappa shape index (κ2) is 7.14. The maximum atomic E-state index is 12.2. The molecule has 3 aromatic rings. The van der Waals surface area contributed by atoms with Crippen LogP contribution in [0.15, 0.2) is 53.9 Å². The Labute approximate surface area is 143 Å². The van der Waals surface area contributed by atoms with Crippen LogP contribution < -0.4 is 10.1 Å². The second-order valence-electron chi connectivity index (χ2n) is 5.20. The number of nitrogens with one attached hydrogen (secondary N) is 1. The van der Waals surface area contributed by atoms with E-state index in [1.54, 1.807) is 23.6 Å². The van der Waals surface area contributed by atoms with Crippen molar-refractivity contribution in [1.29, 1.82) is 0 Å². The van der Waals surface area contributed by atoms with Gasteiger partial charge < -0.3 is 15.2 Å². The maximum Gasteiger partial charge on any atom is 0.275 e. The summed E-state index contributed by atoms with van der Waals surface area (Å²) in [5.74, 6) is 0.411. The van der Waals surface area contributed by atoms with E-state index in [-0.39, 0.29) is 11.7 Å². The van der Waals surface area contributed by atoms with Crippen molar-refractivity contribution in [3.8, 4) is 11.5 Å². The van der Waals surface area contributed by atoms with Crippen molar-refractivity contribution in [2.24, 2.45) is 0 Å². The first-order valence-electron chi connectivity index (χ1n) is 7.35. The Morgan fingerprint density at radius 2 is 1.96 bits per heavy atom. The number of ether oxygens (including phenoxy) is 1. The van der Waals surface area contributed by atoms with Crippen molar-refractivity contribution in [3.05, 3.63) is 70.2 Å². The van der Waals surface area contributed by atoms with Crippen LogP contribution in [0.2, 0.25) is 0 Å². The zero-order chi connectivity index (χ0) is 16.9. The highest BCUT2D eigenvalue weighted by Crippen LogP contribution is 2.23. The van der Waals surface area contributed by atoms with Crippen molar-refractivity contribution >= 4 is 22.9 Å². The first-order chi connectivity index (χ1) is 11.6. The van der Waals surface area contributed by atoms with Gasteiger partial charge in [0.05, 0.1) is 5.69 Å². The molecule has 3 rings (SSSR count). The van der Waals surface area contributed by atoms with E-state index in [2.05, 4.69) is 10.3 Å². The number of phenols is 1. The number of nitrogens with zero attached hydrogens (tertiary/aromatic N) is 1. The molecule has 5 nitrogen and oxygen atoms in total. The fourth-order valence-electron chi connectivity index (χ4n) is 2.03. The third kappa shape index (κ3) is 3.91. The van der Waals surface area contributed by atoms with E-state index < -0.39 is 0 Å². The molecule has 1 aromatic heterocycles. The molecule has 0 fully saturated rings. The summed E-state index contributed by atoms with van der Waals surface area (Å²) < 4.78 is 5.65. The minimum absolute atomic E-state index is 0.0176. The van der Waals surface area contributed by atoms with E-state index in [1.165, 1.54) is 23.0 Å². The quantitative estimate of drug-likeness (QED) is 0.689. The van der Waals surface area contributed by atoms with E-state index in [1.807, 2.05) is 31.2 Å². The summed E-state index contributed by atoms with van der Waals surface area (Å²) in [6, 6.07) is 14.3. The standard InChI is InChI=1S/C18H16N2O3S/c1-12-6-8-13(9-7-12)23-10-17-19-15(11-24-17)18(22)20-14-4-2-3-5-16(14)21/h2-9,11,21H,10H2,1H3,(H,20,22). The highest BCUT2D eigenvalue weighted by atomic mass is 32.1. The van der Waals surface area contributed by atoms with Crippen molar-refractivity contribution in [3.63, 3.8) is 0 Å². The molecule has 24 heavy (non-hydrogen) atoms. The number of aryl methyl sites for hydroxylation is 1. The number of aromatic hydroxyl groups is 1. The number of carbonyl (C=O) groups excluding carboxylic acids is 1. The predicted molar refractivity (Wildman–Crippen MR) is 93.7 cm³/mol. The number of hydrogen-bond donors (Lipinski definition) is 2. The lowest BCUT2D eigenvalue weighted by Gasteiger charge is -2.05. The highest BCUT2D eigenvalue weighted by Gasteiger charge is 2.13. The van der Waals surface area contributed by atoms with E-state index >= 15 is 0 Å². The SMILES string of the molecule is Cc1ccc(OCc2nc(C(=O)Nc3ccccc3O)cs2)cc1. The third-order valence-corrected chi connectivity index (χ3v) is 4.14. The van der Waals surface area contributed by atoms with E-state index in [0.29, 0.717) is 23.0 Å². The zero-order valence-electron chi connectivity index (χ0n) is 13.0. The molecule has 0 atom stereocenters. The molecule has 122 valence electrons. The number of aromatic nitrogens is 1. The Morgan fingerprint density at radius 1 is 1.21 bits per heavy atom. The molecule has 2 aromatic carbocycles. The van der Waals surface area contributed by atoms with E-state index in [9.17, 15) is 9.90 Å². The average Bonchev–Trinajstić information content (AvgIpc) is 3.06. The molecule has 6 heteroatoms. The molecule has 2 N–H and O–H groups in total. The molecule has 0 bridgehead atoms. The number of carbonyl (C=O) groups is 1.